The Bertz CT molecular complexity index is 570. The van der Waals surface area contributed by atoms with Gasteiger partial charge in [-0.05, 0) is 12.5 Å². The van der Waals surface area contributed by atoms with E-state index in [1.54, 1.807) is 19.1 Å². The van der Waals surface area contributed by atoms with Crippen LogP contribution in [0.15, 0.2) is 12.1 Å². The van der Waals surface area contributed by atoms with E-state index in [4.69, 9.17) is 19.9 Å². The molecule has 0 saturated carbocycles. The summed E-state index contributed by atoms with van der Waals surface area (Å²) in [5.74, 6) is 2.19. The van der Waals surface area contributed by atoms with Gasteiger partial charge in [0.05, 0.1) is 12.4 Å². The summed E-state index contributed by atoms with van der Waals surface area (Å²) in [6.45, 7) is 2.48. The van der Waals surface area contributed by atoms with Gasteiger partial charge in [0.25, 0.3) is 0 Å². The SMILES string of the molecule is CCS(=O)(=O)CCCOc1cc2c(cc1CN)OCO2. The highest BCUT2D eigenvalue weighted by Gasteiger charge is 2.17. The van der Waals surface area contributed by atoms with Crippen LogP contribution in [0.1, 0.15) is 18.9 Å². The highest BCUT2D eigenvalue weighted by atomic mass is 32.2. The minimum Gasteiger partial charge on any atom is -0.493 e. The molecular weight excluding hydrogens is 282 g/mol. The molecule has 2 rings (SSSR count). The fraction of sp³-hybridized carbons (Fsp3) is 0.538. The van der Waals surface area contributed by atoms with Gasteiger partial charge in [-0.2, -0.15) is 0 Å². The molecule has 0 amide bonds. The summed E-state index contributed by atoms with van der Waals surface area (Å²) in [4.78, 5) is 0. The number of ether oxygens (including phenoxy) is 3. The maximum Gasteiger partial charge on any atom is 0.231 e. The van der Waals surface area contributed by atoms with Crippen LogP contribution in [0.4, 0.5) is 0 Å². The van der Waals surface area contributed by atoms with Gasteiger partial charge in [-0.15, -0.1) is 0 Å². The first-order valence-corrected chi connectivity index (χ1v) is 8.33. The Morgan fingerprint density at radius 3 is 2.65 bits per heavy atom. The molecule has 0 unspecified atom stereocenters. The average molecular weight is 301 g/mol. The number of benzene rings is 1. The van der Waals surface area contributed by atoms with Gasteiger partial charge in [0, 0.05) is 23.9 Å². The predicted octanol–water partition coefficient (Wildman–Crippen LogP) is 1.08. The molecule has 0 aliphatic carbocycles. The van der Waals surface area contributed by atoms with E-state index in [2.05, 4.69) is 0 Å². The van der Waals surface area contributed by atoms with E-state index in [1.165, 1.54) is 0 Å². The maximum absolute atomic E-state index is 11.4. The third-order valence-electron chi connectivity index (χ3n) is 3.07. The second kappa shape index (κ2) is 6.32. The topological polar surface area (TPSA) is 87.9 Å². The monoisotopic (exact) mass is 301 g/mol. The third kappa shape index (κ3) is 3.55. The largest absolute Gasteiger partial charge is 0.493 e. The number of rotatable bonds is 7. The zero-order chi connectivity index (χ0) is 14.6. The van der Waals surface area contributed by atoms with Crippen LogP contribution in [0.2, 0.25) is 0 Å². The summed E-state index contributed by atoms with van der Waals surface area (Å²) in [6, 6.07) is 3.53. The van der Waals surface area contributed by atoms with Crippen molar-refractivity contribution < 1.29 is 22.6 Å². The first-order chi connectivity index (χ1) is 9.55. The van der Waals surface area contributed by atoms with Gasteiger partial charge in [-0.3, -0.25) is 0 Å². The lowest BCUT2D eigenvalue weighted by atomic mass is 10.2. The van der Waals surface area contributed by atoms with Crippen LogP contribution in [0.5, 0.6) is 17.2 Å². The van der Waals surface area contributed by atoms with Gasteiger partial charge in [0.1, 0.15) is 15.6 Å². The van der Waals surface area contributed by atoms with Crippen molar-refractivity contribution in [1.82, 2.24) is 0 Å². The molecule has 1 aromatic carbocycles. The number of hydrogen-bond donors (Lipinski definition) is 1. The lowest BCUT2D eigenvalue weighted by Gasteiger charge is -2.11. The van der Waals surface area contributed by atoms with Crippen molar-refractivity contribution in [2.45, 2.75) is 19.9 Å². The van der Waals surface area contributed by atoms with Crippen LogP contribution < -0.4 is 19.9 Å². The Kier molecular flexibility index (Phi) is 4.72. The first-order valence-electron chi connectivity index (χ1n) is 6.51. The van der Waals surface area contributed by atoms with Crippen molar-refractivity contribution in [2.75, 3.05) is 24.9 Å². The molecular formula is C13H19NO5S. The summed E-state index contributed by atoms with van der Waals surface area (Å²) >= 11 is 0. The van der Waals surface area contributed by atoms with Crippen molar-refractivity contribution in [3.8, 4) is 17.2 Å². The van der Waals surface area contributed by atoms with E-state index < -0.39 is 9.84 Å². The number of fused-ring (bicyclic) bond motifs is 1. The van der Waals surface area contributed by atoms with Gasteiger partial charge in [0.15, 0.2) is 11.5 Å². The van der Waals surface area contributed by atoms with Crippen LogP contribution in [-0.2, 0) is 16.4 Å². The molecule has 1 aliphatic rings. The van der Waals surface area contributed by atoms with Crippen LogP contribution in [0, 0.1) is 0 Å². The molecule has 0 radical (unpaired) electrons. The molecule has 112 valence electrons. The molecule has 1 aromatic rings. The molecule has 0 fully saturated rings. The minimum absolute atomic E-state index is 0.131. The Hall–Kier alpha value is -1.47. The fourth-order valence-electron chi connectivity index (χ4n) is 1.86. The van der Waals surface area contributed by atoms with E-state index >= 15 is 0 Å². The molecule has 1 heterocycles. The van der Waals surface area contributed by atoms with Gasteiger partial charge in [-0.25, -0.2) is 8.42 Å². The number of sulfone groups is 1. The zero-order valence-electron chi connectivity index (χ0n) is 11.4. The Morgan fingerprint density at radius 2 is 2.00 bits per heavy atom. The summed E-state index contributed by atoms with van der Waals surface area (Å²) in [7, 11) is -2.95. The van der Waals surface area contributed by atoms with Gasteiger partial charge >= 0.3 is 0 Å². The highest BCUT2D eigenvalue weighted by molar-refractivity contribution is 7.91. The normalized spacial score (nSPS) is 13.5. The van der Waals surface area contributed by atoms with Crippen LogP contribution in [0.25, 0.3) is 0 Å². The minimum atomic E-state index is -2.95. The zero-order valence-corrected chi connectivity index (χ0v) is 12.2. The van der Waals surface area contributed by atoms with Crippen LogP contribution in [-0.4, -0.2) is 33.3 Å². The number of hydrogen-bond acceptors (Lipinski definition) is 6. The van der Waals surface area contributed by atoms with Gasteiger partial charge in [0.2, 0.25) is 6.79 Å². The Morgan fingerprint density at radius 1 is 1.30 bits per heavy atom. The maximum atomic E-state index is 11.4. The third-order valence-corrected chi connectivity index (χ3v) is 4.86. The van der Waals surface area contributed by atoms with E-state index in [-0.39, 0.29) is 18.3 Å². The molecule has 0 saturated heterocycles. The average Bonchev–Trinajstić information content (AvgIpc) is 2.89. The standard InChI is InChI=1S/C13H19NO5S/c1-2-20(15,16)5-3-4-17-11-7-13-12(18-9-19-13)6-10(11)8-14/h6-7H,2-5,8-9,14H2,1H3. The number of nitrogens with two attached hydrogens (primary N) is 1. The van der Waals surface area contributed by atoms with Crippen molar-refractivity contribution in [3.63, 3.8) is 0 Å². The molecule has 0 atom stereocenters. The van der Waals surface area contributed by atoms with Crippen molar-refractivity contribution in [3.05, 3.63) is 17.7 Å². The molecule has 1 aliphatic heterocycles. The smallest absolute Gasteiger partial charge is 0.231 e. The van der Waals surface area contributed by atoms with Crippen LogP contribution >= 0.6 is 0 Å². The quantitative estimate of drug-likeness (QED) is 0.758. The second-order valence-electron chi connectivity index (χ2n) is 4.46. The van der Waals surface area contributed by atoms with Crippen molar-refractivity contribution >= 4 is 9.84 Å². The molecule has 0 spiro atoms. The van der Waals surface area contributed by atoms with Crippen LogP contribution in [0.3, 0.4) is 0 Å². The highest BCUT2D eigenvalue weighted by Crippen LogP contribution is 2.38. The second-order valence-corrected chi connectivity index (χ2v) is 6.93. The summed E-state index contributed by atoms with van der Waals surface area (Å²) in [5.41, 5.74) is 6.48. The fourth-order valence-corrected chi connectivity index (χ4v) is 2.71. The molecule has 0 bridgehead atoms. The Labute approximate surface area is 118 Å². The molecule has 6 nitrogen and oxygen atoms in total. The summed E-state index contributed by atoms with van der Waals surface area (Å²) in [5, 5.41) is 0. The van der Waals surface area contributed by atoms with Crippen molar-refractivity contribution in [1.29, 1.82) is 0 Å². The summed E-state index contributed by atoms with van der Waals surface area (Å²) in [6.07, 6.45) is 0.453. The molecule has 20 heavy (non-hydrogen) atoms. The molecule has 2 N–H and O–H groups in total. The van der Waals surface area contributed by atoms with E-state index in [0.717, 1.165) is 5.56 Å². The Balaban J connectivity index is 1.96. The van der Waals surface area contributed by atoms with E-state index in [9.17, 15) is 8.42 Å². The van der Waals surface area contributed by atoms with Crippen molar-refractivity contribution in [2.24, 2.45) is 5.73 Å². The lowest BCUT2D eigenvalue weighted by molar-refractivity contribution is 0.173. The summed E-state index contributed by atoms with van der Waals surface area (Å²) < 4.78 is 38.9. The molecule has 0 aromatic heterocycles. The first kappa shape index (κ1) is 14.9. The van der Waals surface area contributed by atoms with Gasteiger partial charge < -0.3 is 19.9 Å². The predicted molar refractivity (Wildman–Crippen MR) is 74.9 cm³/mol. The van der Waals surface area contributed by atoms with Gasteiger partial charge in [-0.1, -0.05) is 6.92 Å². The van der Waals surface area contributed by atoms with E-state index in [0.29, 0.717) is 36.8 Å². The molecule has 7 heteroatoms. The lowest BCUT2D eigenvalue weighted by Crippen LogP contribution is -2.12. The van der Waals surface area contributed by atoms with E-state index in [1.807, 2.05) is 0 Å².